The number of hydrogen-bond acceptors (Lipinski definition) is 3. The van der Waals surface area contributed by atoms with E-state index >= 15 is 0 Å². The van der Waals surface area contributed by atoms with Gasteiger partial charge in [-0.3, -0.25) is 4.79 Å². The maximum Gasteiger partial charge on any atom is 0.242 e. The van der Waals surface area contributed by atoms with Crippen LogP contribution in [0.5, 0.6) is 5.88 Å². The topological polar surface area (TPSA) is 51.2 Å². The first kappa shape index (κ1) is 10.8. The molecule has 1 atom stereocenters. The first-order chi connectivity index (χ1) is 6.69. The standard InChI is InChI=1S/C9H11ClN2O2/c1-11-9(13)8(10)6-3-4-7(14-2)12-5-6/h3-5,8H,1-2H3,(H,11,13). The molecule has 0 aliphatic carbocycles. The van der Waals surface area contributed by atoms with Crippen LogP contribution in [0.4, 0.5) is 0 Å². The van der Waals surface area contributed by atoms with Crippen LogP contribution >= 0.6 is 11.6 Å². The molecular weight excluding hydrogens is 204 g/mol. The first-order valence-corrected chi connectivity index (χ1v) is 4.48. The fourth-order valence-electron chi connectivity index (χ4n) is 0.941. The van der Waals surface area contributed by atoms with Crippen molar-refractivity contribution in [2.75, 3.05) is 14.2 Å². The highest BCUT2D eigenvalue weighted by Gasteiger charge is 2.16. The largest absolute Gasteiger partial charge is 0.481 e. The lowest BCUT2D eigenvalue weighted by molar-refractivity contribution is -0.120. The molecule has 0 saturated carbocycles. The van der Waals surface area contributed by atoms with Crippen molar-refractivity contribution in [1.29, 1.82) is 0 Å². The van der Waals surface area contributed by atoms with E-state index in [9.17, 15) is 4.79 Å². The normalized spacial score (nSPS) is 11.9. The molecular formula is C9H11ClN2O2. The zero-order valence-corrected chi connectivity index (χ0v) is 8.71. The van der Waals surface area contributed by atoms with E-state index in [1.54, 1.807) is 12.1 Å². The number of ether oxygens (including phenoxy) is 1. The molecule has 14 heavy (non-hydrogen) atoms. The van der Waals surface area contributed by atoms with E-state index < -0.39 is 5.38 Å². The number of aromatic nitrogens is 1. The Hall–Kier alpha value is -1.29. The number of carbonyl (C=O) groups excluding carboxylic acids is 1. The van der Waals surface area contributed by atoms with E-state index in [2.05, 4.69) is 10.3 Å². The third-order valence-corrected chi connectivity index (χ3v) is 2.19. The number of nitrogens with zero attached hydrogens (tertiary/aromatic N) is 1. The Kier molecular flexibility index (Phi) is 3.71. The summed E-state index contributed by atoms with van der Waals surface area (Å²) in [5.41, 5.74) is 0.645. The molecule has 0 aliphatic rings. The van der Waals surface area contributed by atoms with E-state index in [4.69, 9.17) is 16.3 Å². The molecule has 1 N–H and O–H groups in total. The number of amides is 1. The molecule has 1 heterocycles. The summed E-state index contributed by atoms with van der Waals surface area (Å²) in [6.45, 7) is 0. The minimum Gasteiger partial charge on any atom is -0.481 e. The Morgan fingerprint density at radius 3 is 2.79 bits per heavy atom. The summed E-state index contributed by atoms with van der Waals surface area (Å²) in [6.07, 6.45) is 1.52. The minimum absolute atomic E-state index is 0.251. The van der Waals surface area contributed by atoms with Gasteiger partial charge >= 0.3 is 0 Å². The van der Waals surface area contributed by atoms with Crippen LogP contribution in [0.2, 0.25) is 0 Å². The molecule has 1 aromatic heterocycles. The predicted molar refractivity (Wildman–Crippen MR) is 53.4 cm³/mol. The van der Waals surface area contributed by atoms with Crippen LogP contribution in [-0.2, 0) is 4.79 Å². The number of likely N-dealkylation sites (N-methyl/N-ethyl adjacent to an activating group) is 1. The van der Waals surface area contributed by atoms with Crippen molar-refractivity contribution in [2.45, 2.75) is 5.38 Å². The second kappa shape index (κ2) is 4.81. The maximum atomic E-state index is 11.2. The van der Waals surface area contributed by atoms with E-state index in [0.29, 0.717) is 11.4 Å². The number of hydrogen-bond donors (Lipinski definition) is 1. The summed E-state index contributed by atoms with van der Waals surface area (Å²) >= 11 is 5.86. The summed E-state index contributed by atoms with van der Waals surface area (Å²) in [5.74, 6) is 0.244. The molecule has 1 aromatic rings. The zero-order valence-electron chi connectivity index (χ0n) is 7.95. The number of pyridine rings is 1. The molecule has 0 fully saturated rings. The van der Waals surface area contributed by atoms with Crippen LogP contribution in [0.25, 0.3) is 0 Å². The van der Waals surface area contributed by atoms with Crippen molar-refractivity contribution >= 4 is 17.5 Å². The van der Waals surface area contributed by atoms with Gasteiger partial charge in [-0.25, -0.2) is 4.98 Å². The van der Waals surface area contributed by atoms with Crippen molar-refractivity contribution in [2.24, 2.45) is 0 Å². The smallest absolute Gasteiger partial charge is 0.242 e. The van der Waals surface area contributed by atoms with E-state index in [-0.39, 0.29) is 5.91 Å². The Morgan fingerprint density at radius 2 is 2.36 bits per heavy atom. The lowest BCUT2D eigenvalue weighted by atomic mass is 10.2. The first-order valence-electron chi connectivity index (χ1n) is 4.04. The predicted octanol–water partition coefficient (Wildman–Crippen LogP) is 1.12. The van der Waals surface area contributed by atoms with E-state index in [1.807, 2.05) is 0 Å². The summed E-state index contributed by atoms with van der Waals surface area (Å²) in [4.78, 5) is 15.1. The van der Waals surface area contributed by atoms with Gasteiger partial charge in [0, 0.05) is 19.3 Å². The van der Waals surface area contributed by atoms with E-state index in [0.717, 1.165) is 0 Å². The fourth-order valence-corrected chi connectivity index (χ4v) is 1.18. The van der Waals surface area contributed by atoms with Crippen molar-refractivity contribution in [3.63, 3.8) is 0 Å². The second-order valence-electron chi connectivity index (χ2n) is 2.61. The average Bonchev–Trinajstić information content (AvgIpc) is 2.27. The van der Waals surface area contributed by atoms with Gasteiger partial charge in [0.25, 0.3) is 0 Å². The van der Waals surface area contributed by atoms with Crippen molar-refractivity contribution < 1.29 is 9.53 Å². The Balaban J connectivity index is 2.81. The van der Waals surface area contributed by atoms with Crippen LogP contribution in [0.1, 0.15) is 10.9 Å². The number of alkyl halides is 1. The molecule has 76 valence electrons. The second-order valence-corrected chi connectivity index (χ2v) is 3.05. The number of halogens is 1. The third-order valence-electron chi connectivity index (χ3n) is 1.74. The highest BCUT2D eigenvalue weighted by atomic mass is 35.5. The highest BCUT2D eigenvalue weighted by molar-refractivity contribution is 6.30. The molecule has 1 rings (SSSR count). The van der Waals surface area contributed by atoms with Crippen LogP contribution in [-0.4, -0.2) is 25.0 Å². The molecule has 1 amide bonds. The molecule has 0 aliphatic heterocycles. The maximum absolute atomic E-state index is 11.2. The van der Waals surface area contributed by atoms with E-state index in [1.165, 1.54) is 20.4 Å². The molecule has 0 saturated heterocycles. The number of nitrogens with one attached hydrogen (secondary N) is 1. The molecule has 0 radical (unpaired) electrons. The number of carbonyl (C=O) groups is 1. The summed E-state index contributed by atoms with van der Waals surface area (Å²) in [5, 5.41) is 1.75. The summed E-state index contributed by atoms with van der Waals surface area (Å²) in [6, 6.07) is 3.37. The van der Waals surface area contributed by atoms with Crippen molar-refractivity contribution in [1.82, 2.24) is 10.3 Å². The van der Waals surface area contributed by atoms with Gasteiger partial charge in [-0.1, -0.05) is 6.07 Å². The van der Waals surface area contributed by atoms with Crippen LogP contribution in [0.3, 0.4) is 0 Å². The fraction of sp³-hybridized carbons (Fsp3) is 0.333. The van der Waals surface area contributed by atoms with Gasteiger partial charge in [0.05, 0.1) is 7.11 Å². The highest BCUT2D eigenvalue weighted by Crippen LogP contribution is 2.20. The van der Waals surface area contributed by atoms with Crippen LogP contribution < -0.4 is 10.1 Å². The number of methoxy groups -OCH3 is 1. The molecule has 0 bridgehead atoms. The average molecular weight is 215 g/mol. The van der Waals surface area contributed by atoms with Gasteiger partial charge in [0.1, 0.15) is 5.38 Å². The van der Waals surface area contributed by atoms with Crippen molar-refractivity contribution in [3.8, 4) is 5.88 Å². The monoisotopic (exact) mass is 214 g/mol. The molecule has 5 heteroatoms. The van der Waals surface area contributed by atoms with Crippen LogP contribution in [0, 0.1) is 0 Å². The SMILES string of the molecule is CNC(=O)C(Cl)c1ccc(OC)nc1. The third kappa shape index (κ3) is 2.35. The lowest BCUT2D eigenvalue weighted by Gasteiger charge is -2.07. The summed E-state index contributed by atoms with van der Waals surface area (Å²) in [7, 11) is 3.06. The van der Waals surface area contributed by atoms with Gasteiger partial charge in [-0.15, -0.1) is 11.6 Å². The zero-order chi connectivity index (χ0) is 10.6. The lowest BCUT2D eigenvalue weighted by Crippen LogP contribution is -2.22. The van der Waals surface area contributed by atoms with Gasteiger partial charge in [-0.2, -0.15) is 0 Å². The Bertz CT molecular complexity index is 313. The number of rotatable bonds is 3. The molecule has 0 aromatic carbocycles. The van der Waals surface area contributed by atoms with Gasteiger partial charge < -0.3 is 10.1 Å². The van der Waals surface area contributed by atoms with Gasteiger partial charge in [0.2, 0.25) is 11.8 Å². The van der Waals surface area contributed by atoms with Crippen LogP contribution in [0.15, 0.2) is 18.3 Å². The molecule has 4 nitrogen and oxygen atoms in total. The Labute approximate surface area is 87.2 Å². The summed E-state index contributed by atoms with van der Waals surface area (Å²) < 4.78 is 4.88. The molecule has 1 unspecified atom stereocenters. The van der Waals surface area contributed by atoms with Gasteiger partial charge in [0.15, 0.2) is 0 Å². The molecule has 0 spiro atoms. The Morgan fingerprint density at radius 1 is 1.64 bits per heavy atom. The quantitative estimate of drug-likeness (QED) is 0.768. The van der Waals surface area contributed by atoms with Crippen molar-refractivity contribution in [3.05, 3.63) is 23.9 Å². The minimum atomic E-state index is -0.710. The van der Waals surface area contributed by atoms with Gasteiger partial charge in [-0.05, 0) is 5.56 Å².